The molecular weight excluding hydrogens is 860 g/mol. The van der Waals surface area contributed by atoms with Gasteiger partial charge in [0.05, 0.1) is 13.2 Å². The van der Waals surface area contributed by atoms with Gasteiger partial charge in [-0.15, -0.1) is 0 Å². The van der Waals surface area contributed by atoms with Crippen molar-refractivity contribution in [1.82, 2.24) is 0 Å². The van der Waals surface area contributed by atoms with Crippen LogP contribution in [-0.2, 0) is 27.9 Å². The van der Waals surface area contributed by atoms with Crippen LogP contribution in [0.1, 0.15) is 142 Å². The largest absolute Gasteiger partial charge is 0.472 e. The number of rotatable bonds is 39. The van der Waals surface area contributed by atoms with Crippen LogP contribution in [0.25, 0.3) is 0 Å². The van der Waals surface area contributed by atoms with Crippen molar-refractivity contribution < 1.29 is 58.3 Å². The molecule has 1 fully saturated rings. The predicted octanol–water partition coefficient (Wildman–Crippen LogP) is 10.6. The average Bonchev–Trinajstić information content (AvgIpc) is 3.30. The Morgan fingerprint density at radius 1 is 0.485 bits per heavy atom. The fourth-order valence-electron chi connectivity index (χ4n) is 6.53. The van der Waals surface area contributed by atoms with E-state index in [1.54, 1.807) is 0 Å². The minimum absolute atomic E-state index is 0.0950. The monoisotopic (exact) mass is 945 g/mol. The number of hydrogen-bond acceptors (Lipinski definition) is 11. The molecule has 1 rings (SSSR count). The van der Waals surface area contributed by atoms with E-state index in [4.69, 9.17) is 18.5 Å². The summed E-state index contributed by atoms with van der Waals surface area (Å²) in [4.78, 5) is 23.2. The number of phosphoric acid groups is 1. The minimum Gasteiger partial charge on any atom is -0.457 e. The van der Waals surface area contributed by atoms with Crippen molar-refractivity contribution in [2.24, 2.45) is 0 Å². The lowest BCUT2D eigenvalue weighted by Crippen LogP contribution is -2.64. The maximum Gasteiger partial charge on any atom is 0.472 e. The molecule has 66 heavy (non-hydrogen) atoms. The van der Waals surface area contributed by atoms with E-state index in [1.165, 1.54) is 0 Å². The normalized spacial score (nSPS) is 22.5. The Bertz CT molecular complexity index is 1540. The van der Waals surface area contributed by atoms with Gasteiger partial charge in [0.15, 0.2) is 0 Å². The third-order valence-corrected chi connectivity index (χ3v) is 11.3. The molecule has 0 aromatic rings. The molecule has 0 heterocycles. The lowest BCUT2D eigenvalue weighted by atomic mass is 9.85. The van der Waals surface area contributed by atoms with Gasteiger partial charge in [0.25, 0.3) is 0 Å². The van der Waals surface area contributed by atoms with Crippen molar-refractivity contribution in [1.29, 1.82) is 0 Å². The second-order valence-corrected chi connectivity index (χ2v) is 17.6. The van der Waals surface area contributed by atoms with E-state index in [9.17, 15) is 39.8 Å². The summed E-state index contributed by atoms with van der Waals surface area (Å²) >= 11 is 0. The molecule has 6 unspecified atom stereocenters. The number of phosphoric ester groups is 1. The van der Waals surface area contributed by atoms with Gasteiger partial charge in [-0.1, -0.05) is 161 Å². The Labute approximate surface area is 397 Å². The Kier molecular flexibility index (Phi) is 38.6. The van der Waals surface area contributed by atoms with Gasteiger partial charge in [-0.3, -0.25) is 13.8 Å². The quantitative estimate of drug-likeness (QED) is 0.0148. The molecule has 0 amide bonds. The number of allylic oxidation sites excluding steroid dienone is 20. The molecule has 374 valence electrons. The molecule has 0 aromatic carbocycles. The zero-order valence-corrected chi connectivity index (χ0v) is 40.8. The van der Waals surface area contributed by atoms with E-state index >= 15 is 0 Å². The summed E-state index contributed by atoms with van der Waals surface area (Å²) in [6.07, 6.45) is 48.4. The highest BCUT2D eigenvalue weighted by molar-refractivity contribution is 7.47. The van der Waals surface area contributed by atoms with Gasteiger partial charge in [0.1, 0.15) is 42.7 Å². The van der Waals surface area contributed by atoms with Crippen LogP contribution in [0, 0.1) is 0 Å². The van der Waals surface area contributed by atoms with Crippen LogP contribution in [-0.4, -0.2) is 98.9 Å². The van der Waals surface area contributed by atoms with Crippen LogP contribution in [0.3, 0.4) is 0 Å². The Hall–Kier alpha value is -3.26. The molecule has 0 aliphatic heterocycles. The number of carbonyl (C=O) groups excluding carboxylic acids is 1. The van der Waals surface area contributed by atoms with E-state index in [2.05, 4.69) is 123 Å². The highest BCUT2D eigenvalue weighted by atomic mass is 31.2. The summed E-state index contributed by atoms with van der Waals surface area (Å²) in [5, 5.41) is 50.3. The zero-order valence-electron chi connectivity index (χ0n) is 39.9. The molecule has 1 aliphatic rings. The molecule has 0 spiro atoms. The Morgan fingerprint density at radius 2 is 0.848 bits per heavy atom. The van der Waals surface area contributed by atoms with Crippen LogP contribution in [0.15, 0.2) is 122 Å². The summed E-state index contributed by atoms with van der Waals surface area (Å²) in [6, 6.07) is 0. The first-order chi connectivity index (χ1) is 32.0. The first-order valence-corrected chi connectivity index (χ1v) is 25.9. The topological polar surface area (TPSA) is 192 Å². The maximum absolute atomic E-state index is 12.8. The van der Waals surface area contributed by atoms with Crippen molar-refractivity contribution in [2.45, 2.75) is 185 Å². The summed E-state index contributed by atoms with van der Waals surface area (Å²) < 4.78 is 34.2. The molecule has 1 saturated carbocycles. The smallest absolute Gasteiger partial charge is 0.457 e. The summed E-state index contributed by atoms with van der Waals surface area (Å²) in [6.45, 7) is 3.91. The van der Waals surface area contributed by atoms with Crippen LogP contribution < -0.4 is 0 Å². The van der Waals surface area contributed by atoms with Crippen molar-refractivity contribution in [3.05, 3.63) is 122 Å². The van der Waals surface area contributed by atoms with E-state index in [1.807, 2.05) is 12.2 Å². The van der Waals surface area contributed by atoms with Crippen molar-refractivity contribution in [3.63, 3.8) is 0 Å². The number of aliphatic hydroxyl groups excluding tert-OH is 5. The van der Waals surface area contributed by atoms with E-state index in [0.717, 1.165) is 109 Å². The lowest BCUT2D eigenvalue weighted by Gasteiger charge is -2.41. The molecule has 6 N–H and O–H groups in total. The molecule has 1 aliphatic carbocycles. The van der Waals surface area contributed by atoms with Crippen molar-refractivity contribution in [3.8, 4) is 0 Å². The van der Waals surface area contributed by atoms with Crippen molar-refractivity contribution >= 4 is 13.8 Å². The first kappa shape index (κ1) is 60.8. The number of esters is 1. The van der Waals surface area contributed by atoms with Crippen LogP contribution in [0.4, 0.5) is 0 Å². The third kappa shape index (κ3) is 33.3. The minimum atomic E-state index is -5.05. The Morgan fingerprint density at radius 3 is 1.29 bits per heavy atom. The van der Waals surface area contributed by atoms with Crippen LogP contribution >= 0.6 is 7.82 Å². The third-order valence-electron chi connectivity index (χ3n) is 10.3. The number of aliphatic hydroxyl groups is 5. The maximum atomic E-state index is 12.8. The van der Waals surface area contributed by atoms with Gasteiger partial charge in [0, 0.05) is 13.0 Å². The lowest BCUT2D eigenvalue weighted by molar-refractivity contribution is -0.220. The molecule has 13 heteroatoms. The van der Waals surface area contributed by atoms with Crippen molar-refractivity contribution in [2.75, 3.05) is 19.8 Å². The fraction of sp³-hybridized carbons (Fsp3) is 0.604. The van der Waals surface area contributed by atoms with E-state index in [-0.39, 0.29) is 13.0 Å². The number of hydrogen-bond donors (Lipinski definition) is 6. The van der Waals surface area contributed by atoms with Gasteiger partial charge >= 0.3 is 13.8 Å². The number of carbonyl (C=O) groups is 1. The second-order valence-electron chi connectivity index (χ2n) is 16.2. The summed E-state index contributed by atoms with van der Waals surface area (Å²) in [7, 11) is -5.05. The van der Waals surface area contributed by atoms with E-state index in [0.29, 0.717) is 19.4 Å². The Balaban J connectivity index is 2.43. The molecule has 12 nitrogen and oxygen atoms in total. The first-order valence-electron chi connectivity index (χ1n) is 24.4. The number of ether oxygens (including phenoxy) is 2. The van der Waals surface area contributed by atoms with Gasteiger partial charge < -0.3 is 39.9 Å². The SMILES string of the molecule is CC/C=C\C/C=C\C/C=C\C/C=C\C/C=C\CCCCCCCCOCC(COP(=O)(O)OC1C(O)C(O)C(O)C(O)C1O)OC(=O)CCC/C=C\C/C=C\C/C=C\C/C=C\C/C=C\CC. The predicted molar refractivity (Wildman–Crippen MR) is 266 cm³/mol. The van der Waals surface area contributed by atoms with Gasteiger partial charge in [-0.05, 0) is 96.3 Å². The molecular formula is C53H85O12P. The van der Waals surface area contributed by atoms with Gasteiger partial charge in [-0.2, -0.15) is 0 Å². The molecule has 0 aromatic heterocycles. The molecule has 0 radical (unpaired) electrons. The highest BCUT2D eigenvalue weighted by Gasteiger charge is 2.51. The molecule has 0 saturated heterocycles. The van der Waals surface area contributed by atoms with E-state index < -0.39 is 63.1 Å². The molecule has 6 atom stereocenters. The van der Waals surface area contributed by atoms with Gasteiger partial charge in [0.2, 0.25) is 0 Å². The average molecular weight is 945 g/mol. The zero-order chi connectivity index (χ0) is 48.4. The molecule has 0 bridgehead atoms. The summed E-state index contributed by atoms with van der Waals surface area (Å²) in [5.74, 6) is -0.545. The number of unbranched alkanes of at least 4 members (excludes halogenated alkanes) is 7. The second kappa shape index (κ2) is 41.9. The van der Waals surface area contributed by atoms with Crippen LogP contribution in [0.2, 0.25) is 0 Å². The summed E-state index contributed by atoms with van der Waals surface area (Å²) in [5.41, 5.74) is 0. The standard InChI is InChI=1S/C53H85O12P/c1-3-5-7-9-11-13-15-17-19-21-22-23-24-25-27-29-31-33-35-37-39-41-43-62-44-46(45-63-66(60,61)65-53-51(58)49(56)48(55)50(57)52(53)59)64-47(54)42-40-38-36-34-32-30-28-26-20-18-16-14-12-10-8-6-4-2/h5-8,11-14,17-20,22-23,25,27-28,30,34,36,46,48-53,55-59H,3-4,9-10,15-16,21,24,26,29,31-33,35,37-45H2,1-2H3,(H,60,61)/b7-5-,8-6-,13-11-,14-12-,19-17-,20-18-,23-22-,27-25-,30-28-,36-34-. The highest BCUT2D eigenvalue weighted by Crippen LogP contribution is 2.47. The van der Waals surface area contributed by atoms with Crippen LogP contribution in [0.5, 0.6) is 0 Å². The van der Waals surface area contributed by atoms with Gasteiger partial charge in [-0.25, -0.2) is 4.57 Å². The fourth-order valence-corrected chi connectivity index (χ4v) is 7.51.